The van der Waals surface area contributed by atoms with Gasteiger partial charge in [0, 0.05) is 11.8 Å². The zero-order valence-corrected chi connectivity index (χ0v) is 12.4. The van der Waals surface area contributed by atoms with Crippen LogP contribution in [0.1, 0.15) is 38.5 Å². The van der Waals surface area contributed by atoms with Gasteiger partial charge in [-0.2, -0.15) is 0 Å². The number of hydrogen-bond acceptors (Lipinski definition) is 4. The predicted octanol–water partition coefficient (Wildman–Crippen LogP) is 0.610. The van der Waals surface area contributed by atoms with Gasteiger partial charge in [-0.3, -0.25) is 13.8 Å². The van der Waals surface area contributed by atoms with Gasteiger partial charge in [-0.25, -0.2) is 4.79 Å². The van der Waals surface area contributed by atoms with E-state index in [4.69, 9.17) is 4.74 Å². The van der Waals surface area contributed by atoms with E-state index in [1.54, 1.807) is 6.92 Å². The first-order chi connectivity index (χ1) is 9.36. The lowest BCUT2D eigenvalue weighted by molar-refractivity contribution is -0.00798. The molecule has 1 unspecified atom stereocenters. The fourth-order valence-corrected chi connectivity index (χ4v) is 2.80. The van der Waals surface area contributed by atoms with E-state index in [0.717, 1.165) is 17.3 Å². The van der Waals surface area contributed by atoms with Gasteiger partial charge >= 0.3 is 12.7 Å². The van der Waals surface area contributed by atoms with Gasteiger partial charge in [0.25, 0.3) is 0 Å². The second-order valence-corrected chi connectivity index (χ2v) is 5.56. The van der Waals surface area contributed by atoms with E-state index in [-0.39, 0.29) is 12.3 Å². The molecular formula is C13H21BN2O4. The molecule has 1 N–H and O–H groups in total. The molecule has 20 heavy (non-hydrogen) atoms. The van der Waals surface area contributed by atoms with E-state index in [0.29, 0.717) is 11.5 Å². The third kappa shape index (κ3) is 2.47. The van der Waals surface area contributed by atoms with Crippen LogP contribution in [0.4, 0.5) is 0 Å². The van der Waals surface area contributed by atoms with Gasteiger partial charge in [0.15, 0.2) is 0 Å². The van der Waals surface area contributed by atoms with Crippen LogP contribution in [0.15, 0.2) is 15.8 Å². The second kappa shape index (κ2) is 5.57. The molecule has 1 aromatic rings. The third-order valence-corrected chi connectivity index (χ3v) is 3.94. The van der Waals surface area contributed by atoms with Gasteiger partial charge in [0.2, 0.25) is 5.56 Å². The van der Waals surface area contributed by atoms with E-state index in [9.17, 15) is 14.6 Å². The topological polar surface area (TPSA) is 73.5 Å². The Balaban J connectivity index is 2.49. The summed E-state index contributed by atoms with van der Waals surface area (Å²) < 4.78 is 8.18. The van der Waals surface area contributed by atoms with Crippen molar-refractivity contribution >= 4 is 7.05 Å². The normalized spacial score (nSPS) is 25.9. The smallest absolute Gasteiger partial charge is 0.420 e. The molecule has 0 radical (unpaired) electrons. The van der Waals surface area contributed by atoms with Crippen LogP contribution in [0.25, 0.3) is 0 Å². The lowest BCUT2D eigenvalue weighted by Crippen LogP contribution is -2.48. The summed E-state index contributed by atoms with van der Waals surface area (Å²) in [5.41, 5.74) is -0.564. The molecule has 1 aliphatic rings. The van der Waals surface area contributed by atoms with Crippen LogP contribution in [0.3, 0.4) is 0 Å². The lowest BCUT2D eigenvalue weighted by atomic mass is 9.88. The number of nitrogens with zero attached hydrogens (tertiary/aromatic N) is 2. The van der Waals surface area contributed by atoms with E-state index in [1.807, 2.05) is 6.92 Å². The molecule has 0 spiro atoms. The summed E-state index contributed by atoms with van der Waals surface area (Å²) in [5.74, 6) is 0.365. The Morgan fingerprint density at radius 1 is 1.50 bits per heavy atom. The predicted molar refractivity (Wildman–Crippen MR) is 76.9 cm³/mol. The molecule has 110 valence electrons. The van der Waals surface area contributed by atoms with Crippen LogP contribution in [0.2, 0.25) is 6.82 Å². The molecule has 1 saturated heterocycles. The molecule has 0 bridgehead atoms. The Morgan fingerprint density at radius 2 is 2.15 bits per heavy atom. The first-order valence-electron chi connectivity index (χ1n) is 7.04. The molecule has 0 aliphatic carbocycles. The maximum Gasteiger partial charge on any atom is 0.420 e. The van der Waals surface area contributed by atoms with Crippen molar-refractivity contribution in [1.29, 1.82) is 0 Å². The molecule has 6 nitrogen and oxygen atoms in total. The van der Waals surface area contributed by atoms with Crippen LogP contribution < -0.4 is 11.2 Å². The minimum atomic E-state index is -1.15. The average Bonchev–Trinajstić information content (AvgIpc) is 2.74. The third-order valence-electron chi connectivity index (χ3n) is 3.94. The molecule has 7 heteroatoms. The van der Waals surface area contributed by atoms with E-state index in [1.165, 1.54) is 17.6 Å². The van der Waals surface area contributed by atoms with Crippen LogP contribution in [0.5, 0.6) is 0 Å². The SMILES string of the molecule is CC[C@H]1O[C@@H](n2cc(C)c(=O)n(B(C)O)c2=O)CC1C. The molecule has 0 aromatic carbocycles. The number of rotatable bonds is 3. The van der Waals surface area contributed by atoms with Crippen LogP contribution in [0, 0.1) is 12.8 Å². The van der Waals surface area contributed by atoms with Crippen molar-refractivity contribution in [2.75, 3.05) is 0 Å². The molecule has 2 rings (SSSR count). The molecule has 0 amide bonds. The molecule has 2 heterocycles. The summed E-state index contributed by atoms with van der Waals surface area (Å²) in [7, 11) is -1.15. The maximum absolute atomic E-state index is 12.4. The molecule has 1 aliphatic heterocycles. The van der Waals surface area contributed by atoms with Crippen LogP contribution in [-0.4, -0.2) is 27.2 Å². The van der Waals surface area contributed by atoms with Gasteiger partial charge in [0.1, 0.15) is 6.23 Å². The summed E-state index contributed by atoms with van der Waals surface area (Å²) in [6, 6.07) is 0. The van der Waals surface area contributed by atoms with Crippen LogP contribution >= 0.6 is 0 Å². The Hall–Kier alpha value is -1.34. The van der Waals surface area contributed by atoms with Crippen LogP contribution in [-0.2, 0) is 4.74 Å². The largest absolute Gasteiger partial charge is 0.432 e. The molecule has 0 saturated carbocycles. The van der Waals surface area contributed by atoms with Crippen molar-refractivity contribution in [1.82, 2.24) is 9.05 Å². The van der Waals surface area contributed by atoms with Crippen molar-refractivity contribution in [3.63, 3.8) is 0 Å². The van der Waals surface area contributed by atoms with Gasteiger partial charge in [-0.05, 0) is 32.5 Å². The van der Waals surface area contributed by atoms with E-state index >= 15 is 0 Å². The molecular weight excluding hydrogens is 259 g/mol. The Labute approximate surface area is 118 Å². The lowest BCUT2D eigenvalue weighted by Gasteiger charge is -2.18. The Morgan fingerprint density at radius 3 is 2.65 bits per heavy atom. The highest BCUT2D eigenvalue weighted by Crippen LogP contribution is 2.33. The van der Waals surface area contributed by atoms with Gasteiger partial charge in [0.05, 0.1) is 6.10 Å². The minimum absolute atomic E-state index is 0.124. The Bertz CT molecular complexity index is 607. The summed E-state index contributed by atoms with van der Waals surface area (Å²) in [6.07, 6.45) is 2.90. The standard InChI is InChI=1S/C13H21BN2O4/c1-5-10-8(2)6-11(20-10)15-7-9(3)12(17)16(13(15)18)14(4)19/h7-8,10-11,19H,5-6H2,1-4H3/t8?,10-,11-/m1/s1. The highest BCUT2D eigenvalue weighted by molar-refractivity contribution is 6.46. The second-order valence-electron chi connectivity index (χ2n) is 5.56. The minimum Gasteiger partial charge on any atom is -0.432 e. The van der Waals surface area contributed by atoms with Crippen molar-refractivity contribution in [2.45, 2.75) is 52.8 Å². The highest BCUT2D eigenvalue weighted by Gasteiger charge is 2.33. The maximum atomic E-state index is 12.4. The van der Waals surface area contributed by atoms with Crippen molar-refractivity contribution in [3.05, 3.63) is 32.6 Å². The summed E-state index contributed by atoms with van der Waals surface area (Å²) in [6.45, 7) is 7.18. The number of ether oxygens (including phenoxy) is 1. The number of hydrogen-bond donors (Lipinski definition) is 1. The zero-order chi connectivity index (χ0) is 15.0. The van der Waals surface area contributed by atoms with Crippen molar-refractivity contribution in [3.8, 4) is 0 Å². The fourth-order valence-electron chi connectivity index (χ4n) is 2.80. The van der Waals surface area contributed by atoms with E-state index in [2.05, 4.69) is 6.92 Å². The number of aryl methyl sites for hydroxylation is 1. The first kappa shape index (κ1) is 15.1. The highest BCUT2D eigenvalue weighted by atomic mass is 16.5. The molecule has 1 fully saturated rings. The monoisotopic (exact) mass is 280 g/mol. The molecule has 3 atom stereocenters. The molecule has 1 aromatic heterocycles. The van der Waals surface area contributed by atoms with Crippen molar-refractivity contribution in [2.24, 2.45) is 5.92 Å². The van der Waals surface area contributed by atoms with E-state index < -0.39 is 18.3 Å². The Kier molecular flexibility index (Phi) is 4.20. The number of aromatic nitrogens is 2. The fraction of sp³-hybridized carbons (Fsp3) is 0.692. The summed E-state index contributed by atoms with van der Waals surface area (Å²) in [4.78, 5) is 24.3. The van der Waals surface area contributed by atoms with Gasteiger partial charge in [-0.1, -0.05) is 13.8 Å². The van der Waals surface area contributed by atoms with Gasteiger partial charge < -0.3 is 9.76 Å². The summed E-state index contributed by atoms with van der Waals surface area (Å²) in [5, 5.41) is 9.64. The van der Waals surface area contributed by atoms with Crippen molar-refractivity contribution < 1.29 is 9.76 Å². The summed E-state index contributed by atoms with van der Waals surface area (Å²) >= 11 is 0. The zero-order valence-electron chi connectivity index (χ0n) is 12.4. The van der Waals surface area contributed by atoms with Gasteiger partial charge in [-0.15, -0.1) is 0 Å². The first-order valence-corrected chi connectivity index (χ1v) is 7.04. The average molecular weight is 280 g/mol. The quantitative estimate of drug-likeness (QED) is 0.823.